The van der Waals surface area contributed by atoms with E-state index in [0.29, 0.717) is 25.2 Å². The van der Waals surface area contributed by atoms with E-state index in [4.69, 9.17) is 0 Å². The van der Waals surface area contributed by atoms with Crippen molar-refractivity contribution in [2.45, 2.75) is 53.1 Å². The minimum absolute atomic E-state index is 0.154. The molecule has 0 atom stereocenters. The summed E-state index contributed by atoms with van der Waals surface area (Å²) in [4.78, 5) is 23.4. The van der Waals surface area contributed by atoms with Gasteiger partial charge in [-0.1, -0.05) is 30.3 Å². The molecule has 6 nitrogen and oxygen atoms in total. The Labute approximate surface area is 153 Å². The summed E-state index contributed by atoms with van der Waals surface area (Å²) in [6.45, 7) is 8.71. The summed E-state index contributed by atoms with van der Waals surface area (Å²) < 4.78 is 1.73. The summed E-state index contributed by atoms with van der Waals surface area (Å²) in [6, 6.07) is 10.3. The first-order chi connectivity index (χ1) is 12.5. The third-order valence-electron chi connectivity index (χ3n) is 4.72. The normalized spacial score (nSPS) is 11.3. The lowest BCUT2D eigenvalue weighted by Gasteiger charge is -2.27. The van der Waals surface area contributed by atoms with E-state index in [-0.39, 0.29) is 11.9 Å². The van der Waals surface area contributed by atoms with E-state index in [0.717, 1.165) is 22.5 Å². The molecule has 26 heavy (non-hydrogen) atoms. The second-order valence-electron chi connectivity index (χ2n) is 6.83. The molecule has 0 fully saturated rings. The van der Waals surface area contributed by atoms with Gasteiger partial charge in [0.2, 0.25) is 5.91 Å². The molecule has 0 bridgehead atoms. The standard InChI is InChI=1S/C20H25N5O/c1-14(2)24(12-17-8-6-5-7-9-17)19(26)11-10-18-15(3)23-20-21-13-22-25(20)16(18)4/h5-9,13-14H,10-12H2,1-4H3. The smallest absolute Gasteiger partial charge is 0.252 e. The van der Waals surface area contributed by atoms with Crippen molar-refractivity contribution >= 4 is 11.7 Å². The summed E-state index contributed by atoms with van der Waals surface area (Å²) in [6.07, 6.45) is 2.61. The van der Waals surface area contributed by atoms with E-state index in [9.17, 15) is 4.79 Å². The molecule has 0 aliphatic heterocycles. The topological polar surface area (TPSA) is 63.4 Å². The maximum atomic E-state index is 12.9. The summed E-state index contributed by atoms with van der Waals surface area (Å²) in [5.41, 5.74) is 4.12. The van der Waals surface area contributed by atoms with E-state index < -0.39 is 0 Å². The number of fused-ring (bicyclic) bond motifs is 1. The lowest BCUT2D eigenvalue weighted by molar-refractivity contribution is -0.133. The number of rotatable bonds is 6. The lowest BCUT2D eigenvalue weighted by atomic mass is 10.1. The Balaban J connectivity index is 1.74. The molecule has 3 rings (SSSR count). The number of amides is 1. The summed E-state index contributed by atoms with van der Waals surface area (Å²) >= 11 is 0. The first-order valence-corrected chi connectivity index (χ1v) is 8.96. The molecular formula is C20H25N5O. The average Bonchev–Trinajstić information content (AvgIpc) is 3.08. The molecule has 3 aromatic rings. The number of carbonyl (C=O) groups is 1. The fraction of sp³-hybridized carbons (Fsp3) is 0.400. The van der Waals surface area contributed by atoms with Crippen molar-refractivity contribution < 1.29 is 4.79 Å². The van der Waals surface area contributed by atoms with Crippen molar-refractivity contribution in [1.82, 2.24) is 24.5 Å². The monoisotopic (exact) mass is 351 g/mol. The highest BCUT2D eigenvalue weighted by Crippen LogP contribution is 2.17. The highest BCUT2D eigenvalue weighted by Gasteiger charge is 2.19. The van der Waals surface area contributed by atoms with Crippen LogP contribution in [-0.2, 0) is 17.8 Å². The van der Waals surface area contributed by atoms with Gasteiger partial charge in [-0.3, -0.25) is 4.79 Å². The Kier molecular flexibility index (Phi) is 5.30. The number of aryl methyl sites for hydroxylation is 2. The van der Waals surface area contributed by atoms with Gasteiger partial charge in [0.15, 0.2) is 0 Å². The number of hydrogen-bond acceptors (Lipinski definition) is 4. The molecule has 0 radical (unpaired) electrons. The highest BCUT2D eigenvalue weighted by atomic mass is 16.2. The largest absolute Gasteiger partial charge is 0.336 e. The molecule has 0 aliphatic carbocycles. The van der Waals surface area contributed by atoms with Crippen LogP contribution in [0.25, 0.3) is 5.78 Å². The third kappa shape index (κ3) is 3.74. The third-order valence-corrected chi connectivity index (χ3v) is 4.72. The van der Waals surface area contributed by atoms with Crippen molar-refractivity contribution in [2.75, 3.05) is 0 Å². The minimum Gasteiger partial charge on any atom is -0.336 e. The fourth-order valence-corrected chi connectivity index (χ4v) is 3.23. The van der Waals surface area contributed by atoms with Crippen LogP contribution in [0, 0.1) is 13.8 Å². The number of nitrogens with zero attached hydrogens (tertiary/aromatic N) is 5. The van der Waals surface area contributed by atoms with E-state index in [2.05, 4.69) is 41.0 Å². The van der Waals surface area contributed by atoms with Gasteiger partial charge in [0, 0.05) is 30.4 Å². The average molecular weight is 351 g/mol. The number of aromatic nitrogens is 4. The summed E-state index contributed by atoms with van der Waals surface area (Å²) in [5.74, 6) is 0.754. The first-order valence-electron chi connectivity index (χ1n) is 8.96. The van der Waals surface area contributed by atoms with Gasteiger partial charge in [-0.15, -0.1) is 0 Å². The van der Waals surface area contributed by atoms with Crippen LogP contribution in [0.15, 0.2) is 36.7 Å². The van der Waals surface area contributed by atoms with Gasteiger partial charge in [0.1, 0.15) is 6.33 Å². The Bertz CT molecular complexity index is 901. The van der Waals surface area contributed by atoms with Crippen LogP contribution in [-0.4, -0.2) is 36.4 Å². The van der Waals surface area contributed by atoms with Crippen LogP contribution >= 0.6 is 0 Å². The first kappa shape index (κ1) is 18.0. The number of benzene rings is 1. The molecule has 6 heteroatoms. The van der Waals surface area contributed by atoms with Crippen molar-refractivity contribution in [1.29, 1.82) is 0 Å². The molecule has 0 saturated heterocycles. The molecular weight excluding hydrogens is 326 g/mol. The molecule has 2 heterocycles. The molecule has 1 aromatic carbocycles. The van der Waals surface area contributed by atoms with Crippen molar-refractivity contribution in [3.05, 3.63) is 59.2 Å². The van der Waals surface area contributed by atoms with Crippen molar-refractivity contribution in [2.24, 2.45) is 0 Å². The summed E-state index contributed by atoms with van der Waals surface area (Å²) in [5, 5.41) is 4.21. The van der Waals surface area contributed by atoms with Gasteiger partial charge < -0.3 is 4.90 Å². The molecule has 0 aliphatic rings. The van der Waals surface area contributed by atoms with Crippen molar-refractivity contribution in [3.63, 3.8) is 0 Å². The van der Waals surface area contributed by atoms with Gasteiger partial charge in [0.25, 0.3) is 5.78 Å². The highest BCUT2D eigenvalue weighted by molar-refractivity contribution is 5.76. The SMILES string of the molecule is Cc1nc2ncnn2c(C)c1CCC(=O)N(Cc1ccccc1)C(C)C. The van der Waals surface area contributed by atoms with E-state index >= 15 is 0 Å². The number of carbonyl (C=O) groups excluding carboxylic acids is 1. The van der Waals surface area contributed by atoms with Crippen LogP contribution < -0.4 is 0 Å². The zero-order chi connectivity index (χ0) is 18.7. The zero-order valence-corrected chi connectivity index (χ0v) is 15.8. The Morgan fingerprint density at radius 3 is 2.62 bits per heavy atom. The van der Waals surface area contributed by atoms with Gasteiger partial charge >= 0.3 is 0 Å². The molecule has 1 amide bonds. The molecule has 0 N–H and O–H groups in total. The quantitative estimate of drug-likeness (QED) is 0.684. The fourth-order valence-electron chi connectivity index (χ4n) is 3.23. The van der Waals surface area contributed by atoms with Gasteiger partial charge in [-0.05, 0) is 45.2 Å². The second-order valence-corrected chi connectivity index (χ2v) is 6.83. The molecule has 0 saturated carbocycles. The predicted molar refractivity (Wildman–Crippen MR) is 101 cm³/mol. The van der Waals surface area contributed by atoms with E-state index in [1.807, 2.05) is 36.9 Å². The summed E-state index contributed by atoms with van der Waals surface area (Å²) in [7, 11) is 0. The Morgan fingerprint density at radius 1 is 1.19 bits per heavy atom. The Morgan fingerprint density at radius 2 is 1.92 bits per heavy atom. The predicted octanol–water partition coefficient (Wildman–Crippen LogP) is 3.11. The maximum absolute atomic E-state index is 12.9. The van der Waals surface area contributed by atoms with Gasteiger partial charge in [0.05, 0.1) is 0 Å². The van der Waals surface area contributed by atoms with Crippen LogP contribution in [0.3, 0.4) is 0 Å². The maximum Gasteiger partial charge on any atom is 0.252 e. The number of hydrogen-bond donors (Lipinski definition) is 0. The van der Waals surface area contributed by atoms with Gasteiger partial charge in [-0.2, -0.15) is 10.1 Å². The van der Waals surface area contributed by atoms with Gasteiger partial charge in [-0.25, -0.2) is 9.50 Å². The zero-order valence-electron chi connectivity index (χ0n) is 15.8. The van der Waals surface area contributed by atoms with Crippen LogP contribution in [0.2, 0.25) is 0 Å². The van der Waals surface area contributed by atoms with Crippen LogP contribution in [0.1, 0.15) is 42.8 Å². The molecule has 0 unspecified atom stereocenters. The van der Waals surface area contributed by atoms with E-state index in [1.165, 1.54) is 6.33 Å². The minimum atomic E-state index is 0.154. The van der Waals surface area contributed by atoms with Crippen molar-refractivity contribution in [3.8, 4) is 0 Å². The van der Waals surface area contributed by atoms with E-state index in [1.54, 1.807) is 4.52 Å². The molecule has 2 aromatic heterocycles. The van der Waals surface area contributed by atoms with Crippen LogP contribution in [0.5, 0.6) is 0 Å². The molecule has 136 valence electrons. The Hall–Kier alpha value is -2.76. The van der Waals surface area contributed by atoms with Crippen LogP contribution in [0.4, 0.5) is 0 Å². The second kappa shape index (κ2) is 7.64. The lowest BCUT2D eigenvalue weighted by Crippen LogP contribution is -2.36. The molecule has 0 spiro atoms.